The van der Waals surface area contributed by atoms with Crippen LogP contribution in [0.4, 0.5) is 0 Å². The molecule has 0 aromatic rings. The van der Waals surface area contributed by atoms with E-state index in [0.29, 0.717) is 13.0 Å². The molecule has 0 radical (unpaired) electrons. The van der Waals surface area contributed by atoms with Gasteiger partial charge in [-0.15, -0.1) is 0 Å². The number of rotatable bonds is 9. The summed E-state index contributed by atoms with van der Waals surface area (Å²) < 4.78 is 5.46. The first-order chi connectivity index (χ1) is 8.72. The Balaban J connectivity index is 2.30. The minimum atomic E-state index is 0.142. The van der Waals surface area contributed by atoms with Crippen LogP contribution in [0, 0.1) is 5.41 Å². The van der Waals surface area contributed by atoms with Gasteiger partial charge in [0.2, 0.25) is 5.91 Å². The smallest absolute Gasteiger partial charge is 0.220 e. The number of carbonyl (C=O) groups is 1. The molecule has 0 spiro atoms. The fraction of sp³-hybridized carbons (Fsp3) is 0.929. The van der Waals surface area contributed by atoms with Gasteiger partial charge in [-0.05, 0) is 44.6 Å². The molecule has 0 heterocycles. The summed E-state index contributed by atoms with van der Waals surface area (Å²) in [5, 5.41) is 3.08. The highest BCUT2D eigenvalue weighted by Gasteiger charge is 2.33. The van der Waals surface area contributed by atoms with Crippen LogP contribution in [0.15, 0.2) is 0 Å². The lowest BCUT2D eigenvalue weighted by Gasteiger charge is -2.29. The third-order valence-electron chi connectivity index (χ3n) is 3.91. The van der Waals surface area contributed by atoms with E-state index in [1.807, 2.05) is 6.92 Å². The second kappa shape index (κ2) is 8.48. The molecule has 106 valence electrons. The maximum atomic E-state index is 11.6. The normalized spacial score (nSPS) is 17.9. The fourth-order valence-corrected chi connectivity index (χ4v) is 2.71. The Hall–Kier alpha value is -0.610. The minimum absolute atomic E-state index is 0.142. The Morgan fingerprint density at radius 2 is 2.11 bits per heavy atom. The monoisotopic (exact) mass is 256 g/mol. The van der Waals surface area contributed by atoms with Gasteiger partial charge in [-0.25, -0.2) is 0 Å². The van der Waals surface area contributed by atoms with Gasteiger partial charge in [0.1, 0.15) is 0 Å². The zero-order valence-electron chi connectivity index (χ0n) is 11.7. The van der Waals surface area contributed by atoms with Crippen LogP contribution < -0.4 is 11.1 Å². The summed E-state index contributed by atoms with van der Waals surface area (Å²) in [4.78, 5) is 11.6. The third-order valence-corrected chi connectivity index (χ3v) is 3.91. The Labute approximate surface area is 111 Å². The Bertz CT molecular complexity index is 238. The highest BCUT2D eigenvalue weighted by atomic mass is 16.5. The average molecular weight is 256 g/mol. The number of nitrogens with one attached hydrogen (secondary N) is 1. The number of hydrogen-bond donors (Lipinski definition) is 2. The van der Waals surface area contributed by atoms with Gasteiger partial charge in [-0.2, -0.15) is 0 Å². The molecule has 0 bridgehead atoms. The van der Waals surface area contributed by atoms with E-state index in [1.165, 1.54) is 25.7 Å². The van der Waals surface area contributed by atoms with Crippen molar-refractivity contribution in [2.45, 2.75) is 51.9 Å². The van der Waals surface area contributed by atoms with Crippen LogP contribution >= 0.6 is 0 Å². The predicted molar refractivity (Wildman–Crippen MR) is 73.3 cm³/mol. The molecule has 0 saturated heterocycles. The van der Waals surface area contributed by atoms with Crippen molar-refractivity contribution >= 4 is 5.91 Å². The fourth-order valence-electron chi connectivity index (χ4n) is 2.71. The quantitative estimate of drug-likeness (QED) is 0.619. The summed E-state index contributed by atoms with van der Waals surface area (Å²) in [6, 6.07) is 0. The lowest BCUT2D eigenvalue weighted by atomic mass is 9.83. The third kappa shape index (κ3) is 5.36. The van der Waals surface area contributed by atoms with E-state index in [0.717, 1.165) is 32.6 Å². The van der Waals surface area contributed by atoms with Crippen LogP contribution in [-0.2, 0) is 9.53 Å². The number of nitrogens with two attached hydrogens (primary N) is 1. The van der Waals surface area contributed by atoms with Crippen molar-refractivity contribution in [1.29, 1.82) is 0 Å². The zero-order chi connectivity index (χ0) is 13.3. The zero-order valence-corrected chi connectivity index (χ0v) is 11.7. The highest BCUT2D eigenvalue weighted by molar-refractivity contribution is 5.75. The number of carbonyl (C=O) groups excluding carboxylic acids is 1. The predicted octanol–water partition coefficient (Wildman–Crippen LogP) is 1.83. The molecule has 3 N–H and O–H groups in total. The summed E-state index contributed by atoms with van der Waals surface area (Å²) in [5.41, 5.74) is 5.69. The topological polar surface area (TPSA) is 64.3 Å². The molecule has 1 saturated carbocycles. The number of hydrogen-bond acceptors (Lipinski definition) is 3. The van der Waals surface area contributed by atoms with Crippen molar-refractivity contribution in [3.8, 4) is 0 Å². The molecule has 1 amide bonds. The first-order valence-corrected chi connectivity index (χ1v) is 7.27. The molecule has 0 aromatic heterocycles. The number of ether oxygens (including phenoxy) is 1. The SMILES string of the molecule is CCOCCC1(CNC(=O)CCCN)CCCC1. The van der Waals surface area contributed by atoms with Crippen molar-refractivity contribution < 1.29 is 9.53 Å². The van der Waals surface area contributed by atoms with E-state index in [4.69, 9.17) is 10.5 Å². The van der Waals surface area contributed by atoms with Crippen molar-refractivity contribution in [3.63, 3.8) is 0 Å². The lowest BCUT2D eigenvalue weighted by Crippen LogP contribution is -2.36. The maximum absolute atomic E-state index is 11.6. The second-order valence-corrected chi connectivity index (χ2v) is 5.32. The Kier molecular flexibility index (Phi) is 7.28. The van der Waals surface area contributed by atoms with Gasteiger partial charge in [0.15, 0.2) is 0 Å². The van der Waals surface area contributed by atoms with Gasteiger partial charge in [-0.1, -0.05) is 12.8 Å². The molecular weight excluding hydrogens is 228 g/mol. The largest absolute Gasteiger partial charge is 0.382 e. The molecule has 0 unspecified atom stereocenters. The summed E-state index contributed by atoms with van der Waals surface area (Å²) in [6.07, 6.45) is 7.40. The van der Waals surface area contributed by atoms with Gasteiger partial charge < -0.3 is 15.8 Å². The molecular formula is C14H28N2O2. The standard InChI is InChI=1S/C14H28N2O2/c1-2-18-11-9-14(7-3-4-8-14)12-16-13(17)6-5-10-15/h2-12,15H2,1H3,(H,16,17). The first kappa shape index (κ1) is 15.4. The van der Waals surface area contributed by atoms with Crippen molar-refractivity contribution in [2.24, 2.45) is 11.1 Å². The average Bonchev–Trinajstić information content (AvgIpc) is 2.84. The number of amides is 1. The van der Waals surface area contributed by atoms with Crippen LogP contribution in [0.5, 0.6) is 0 Å². The van der Waals surface area contributed by atoms with Crippen LogP contribution in [-0.4, -0.2) is 32.2 Å². The van der Waals surface area contributed by atoms with Crippen molar-refractivity contribution in [2.75, 3.05) is 26.3 Å². The summed E-state index contributed by atoms with van der Waals surface area (Å²) in [6.45, 7) is 5.01. The summed E-state index contributed by atoms with van der Waals surface area (Å²) in [7, 11) is 0. The van der Waals surface area contributed by atoms with Crippen molar-refractivity contribution in [1.82, 2.24) is 5.32 Å². The molecule has 1 fully saturated rings. The molecule has 1 rings (SSSR count). The van der Waals surface area contributed by atoms with Crippen LogP contribution in [0.25, 0.3) is 0 Å². The highest BCUT2D eigenvalue weighted by Crippen LogP contribution is 2.40. The van der Waals surface area contributed by atoms with Crippen molar-refractivity contribution in [3.05, 3.63) is 0 Å². The second-order valence-electron chi connectivity index (χ2n) is 5.32. The van der Waals surface area contributed by atoms with Gasteiger partial charge in [0.05, 0.1) is 0 Å². The van der Waals surface area contributed by atoms with E-state index in [2.05, 4.69) is 5.32 Å². The molecule has 1 aliphatic carbocycles. The van der Waals surface area contributed by atoms with E-state index >= 15 is 0 Å². The van der Waals surface area contributed by atoms with Crippen LogP contribution in [0.1, 0.15) is 51.9 Å². The lowest BCUT2D eigenvalue weighted by molar-refractivity contribution is -0.121. The first-order valence-electron chi connectivity index (χ1n) is 7.27. The summed E-state index contributed by atoms with van der Waals surface area (Å²) in [5.74, 6) is 0.142. The molecule has 0 aliphatic heterocycles. The van der Waals surface area contributed by atoms with E-state index in [1.54, 1.807) is 0 Å². The molecule has 0 aromatic carbocycles. The van der Waals surface area contributed by atoms with Gasteiger partial charge in [0.25, 0.3) is 0 Å². The molecule has 4 nitrogen and oxygen atoms in total. The molecule has 4 heteroatoms. The van der Waals surface area contributed by atoms with Crippen LogP contribution in [0.2, 0.25) is 0 Å². The van der Waals surface area contributed by atoms with Crippen LogP contribution in [0.3, 0.4) is 0 Å². The van der Waals surface area contributed by atoms with E-state index in [-0.39, 0.29) is 11.3 Å². The minimum Gasteiger partial charge on any atom is -0.382 e. The maximum Gasteiger partial charge on any atom is 0.220 e. The van der Waals surface area contributed by atoms with E-state index < -0.39 is 0 Å². The molecule has 18 heavy (non-hydrogen) atoms. The summed E-state index contributed by atoms with van der Waals surface area (Å²) >= 11 is 0. The van der Waals surface area contributed by atoms with Gasteiger partial charge >= 0.3 is 0 Å². The van der Waals surface area contributed by atoms with Gasteiger partial charge in [-0.3, -0.25) is 4.79 Å². The van der Waals surface area contributed by atoms with E-state index in [9.17, 15) is 4.79 Å². The molecule has 1 aliphatic rings. The van der Waals surface area contributed by atoms with Gasteiger partial charge in [0, 0.05) is 26.2 Å². The molecule has 0 atom stereocenters. The Morgan fingerprint density at radius 1 is 1.39 bits per heavy atom. The Morgan fingerprint density at radius 3 is 2.72 bits per heavy atom.